The number of carbonyl (C=O) groups excluding carboxylic acids is 3. The summed E-state index contributed by atoms with van der Waals surface area (Å²) in [6.45, 7) is 7.72. The van der Waals surface area contributed by atoms with E-state index in [1.807, 2.05) is 0 Å². The summed E-state index contributed by atoms with van der Waals surface area (Å²) < 4.78 is 78.3. The third kappa shape index (κ3) is 47.4. The van der Waals surface area contributed by atoms with Gasteiger partial charge in [-0.2, -0.15) is 0 Å². The van der Waals surface area contributed by atoms with Gasteiger partial charge in [0.15, 0.2) is 12.6 Å². The molecule has 0 bridgehead atoms. The fourth-order valence-corrected chi connectivity index (χ4v) is 12.7. The number of aliphatic hydroxyl groups is 1. The number of unbranched alkanes of at least 4 members (excludes halogenated alkanes) is 30. The Bertz CT molecular complexity index is 1910. The number of phosphoric acid groups is 2. The van der Waals surface area contributed by atoms with E-state index in [0.717, 1.165) is 161 Å². The van der Waals surface area contributed by atoms with E-state index in [4.69, 9.17) is 42.2 Å². The first kappa shape index (κ1) is 95.3. The molecule has 0 aromatic heterocycles. The van der Waals surface area contributed by atoms with Crippen LogP contribution in [0.4, 0.5) is 0 Å². The van der Waals surface area contributed by atoms with E-state index >= 15 is 0 Å². The number of rotatable bonds is 59. The Hall–Kier alpha value is 1.25. The fourth-order valence-electron chi connectivity index (χ4n) is 11.7. The molecule has 0 saturated carbocycles. The Morgan fingerprint density at radius 3 is 1.46 bits per heavy atom. The number of carbonyl (C=O) groups is 3. The molecule has 26 heteroatoms. The molecule has 12 atom stereocenters. The van der Waals surface area contributed by atoms with Gasteiger partial charge in [-0.15, -0.1) is 0 Å². The first-order valence-corrected chi connectivity index (χ1v) is 37.9. The van der Waals surface area contributed by atoms with E-state index in [2.05, 4.69) is 50.5 Å². The van der Waals surface area contributed by atoms with Crippen LogP contribution in [0.5, 0.6) is 0 Å². The molecule has 2 rings (SSSR count). The molecule has 2 saturated heterocycles. The van der Waals surface area contributed by atoms with Crippen molar-refractivity contribution in [1.29, 1.82) is 0 Å². The molecule has 21 nitrogen and oxygen atoms in total. The van der Waals surface area contributed by atoms with Crippen molar-refractivity contribution >= 4 is 33.2 Å². The predicted octanol–water partition coefficient (Wildman–Crippen LogP) is 2.73. The first-order valence-electron chi connectivity index (χ1n) is 34.9. The van der Waals surface area contributed by atoms with Gasteiger partial charge in [0.05, 0.1) is 33.6 Å². The standard InChI is InChI=1S/C66H126N2O19P2.3Na/c1-7-11-15-19-22-25-26-27-28-29-30-32-34-38-42-46-57(70)67-60-64(82-49-47-54(80-6)45-41-36-18-14-10-4)62(86-88(73,74)75)56(51-79-5)85-65(60)83-52-55-61(72)63(81-48-43-39-35-24-21-17-13-9-3)59(66(84-55)87-89(76,77)78)68-58(71)50-53(69)44-40-37-33-31-23-20-16-12-8-2;;;/h25-26,54-56,59-66,72H,7-24,27-52H2,1-6H3,(H,67,70)(H,68,71)(H2,73,74,75)(H2,76,77,78);;;/q;3*+1/p-3/b26-25-;;;/t54-,55-,56-,59-,60-,61-,62-,63-,64-,65-,66-;;;/m1.../s1. The number of ether oxygens (including phenoxy) is 7. The molecule has 2 aliphatic heterocycles. The van der Waals surface area contributed by atoms with Gasteiger partial charge in [0.25, 0.3) is 7.82 Å². The van der Waals surface area contributed by atoms with E-state index in [1.54, 1.807) is 7.11 Å². The molecule has 0 spiro atoms. The van der Waals surface area contributed by atoms with Gasteiger partial charge < -0.3 is 82.1 Å². The van der Waals surface area contributed by atoms with Crippen LogP contribution in [-0.4, -0.2) is 136 Å². The van der Waals surface area contributed by atoms with Crippen LogP contribution in [0.15, 0.2) is 12.2 Å². The molecule has 2 amide bonds. The van der Waals surface area contributed by atoms with Crippen molar-refractivity contribution in [2.45, 2.75) is 352 Å². The number of amides is 2. The molecule has 4 N–H and O–H groups in total. The van der Waals surface area contributed by atoms with E-state index in [9.17, 15) is 48.2 Å². The molecule has 1 unspecified atom stereocenters. The number of phosphoric ester groups is 2. The Labute approximate surface area is 622 Å². The number of hydrogen-bond acceptors (Lipinski definition) is 18. The van der Waals surface area contributed by atoms with Gasteiger partial charge in [-0.25, -0.2) is 0 Å². The van der Waals surface area contributed by atoms with Crippen molar-refractivity contribution in [3.8, 4) is 0 Å². The summed E-state index contributed by atoms with van der Waals surface area (Å²) in [6.07, 6.45) is 28.4. The molecule has 0 aromatic carbocycles. The van der Waals surface area contributed by atoms with Crippen molar-refractivity contribution in [3.05, 3.63) is 12.2 Å². The van der Waals surface area contributed by atoms with Crippen molar-refractivity contribution < 1.29 is 179 Å². The second kappa shape index (κ2) is 61.0. The van der Waals surface area contributed by atoms with E-state index in [1.165, 1.54) is 58.5 Å². The zero-order valence-corrected chi connectivity index (χ0v) is 66.6. The van der Waals surface area contributed by atoms with Crippen molar-refractivity contribution in [1.82, 2.24) is 10.6 Å². The Morgan fingerprint density at radius 2 is 0.946 bits per heavy atom. The van der Waals surface area contributed by atoms with E-state index in [-0.39, 0.29) is 133 Å². The van der Waals surface area contributed by atoms with E-state index < -0.39 is 102 Å². The van der Waals surface area contributed by atoms with Crippen LogP contribution in [-0.2, 0) is 65.7 Å². The number of methoxy groups -OCH3 is 2. The van der Waals surface area contributed by atoms with Crippen LogP contribution in [0.2, 0.25) is 0 Å². The summed E-state index contributed by atoms with van der Waals surface area (Å²) in [6, 6.07) is -2.97. The average molecular weight is 1380 g/mol. The monoisotopic (exact) mass is 1380 g/mol. The largest absolute Gasteiger partial charge is 1.00 e. The predicted molar refractivity (Wildman–Crippen MR) is 340 cm³/mol. The SMILES string of the molecule is CCCCCC/C=C\CCCCCCCCCC(=O)N[C@H]1[C@H](OC[C@H]2O[C@H](OP(=O)([O-])[O-])[C@H](NC(=O)CC(=O)CCCCCCCCCCC)[C@@H](OCCCCCCCCCC)[C@@H]2O)O[C@H](COC)[C@@H](OP(=O)([O-])O)[C@@H]1OCC[C@@H](CCCCCCC)OC.[Na+].[Na+].[Na+]. The van der Waals surface area contributed by atoms with Gasteiger partial charge in [-0.05, 0) is 57.8 Å². The molecule has 92 heavy (non-hydrogen) atoms. The Kier molecular flexibility index (Phi) is 63.2. The van der Waals surface area contributed by atoms with Crippen LogP contribution in [0.3, 0.4) is 0 Å². The summed E-state index contributed by atoms with van der Waals surface area (Å²) in [5.41, 5.74) is 0. The molecule has 2 fully saturated rings. The average Bonchev–Trinajstić information content (AvgIpc) is 0.798. The molecule has 0 aliphatic carbocycles. The topological polar surface area (TPSA) is 302 Å². The summed E-state index contributed by atoms with van der Waals surface area (Å²) in [5.74, 6) is -1.62. The van der Waals surface area contributed by atoms with Gasteiger partial charge in [0.2, 0.25) is 11.8 Å². The fraction of sp³-hybridized carbons (Fsp3) is 0.924. The summed E-state index contributed by atoms with van der Waals surface area (Å²) >= 11 is 0. The second-order valence-corrected chi connectivity index (χ2v) is 27.0. The van der Waals surface area contributed by atoms with Crippen LogP contribution in [0.25, 0.3) is 0 Å². The quantitative estimate of drug-likeness (QED) is 0.0224. The smallest absolute Gasteiger partial charge is 0.790 e. The van der Waals surface area contributed by atoms with Crippen molar-refractivity contribution in [2.24, 2.45) is 0 Å². The first-order chi connectivity index (χ1) is 42.9. The third-order valence-corrected chi connectivity index (χ3v) is 17.8. The number of Topliss-reactive ketones (excluding diaryl/α,β-unsaturated/α-hetero) is 1. The number of nitrogens with one attached hydrogen (secondary N) is 2. The van der Waals surface area contributed by atoms with Crippen LogP contribution in [0, 0.1) is 0 Å². The van der Waals surface area contributed by atoms with Crippen LogP contribution < -0.4 is 114 Å². The maximum atomic E-state index is 14.1. The molecule has 0 aromatic rings. The van der Waals surface area contributed by atoms with Crippen LogP contribution in [0.1, 0.15) is 285 Å². The summed E-state index contributed by atoms with van der Waals surface area (Å²) in [5, 5.41) is 17.8. The van der Waals surface area contributed by atoms with E-state index in [0.29, 0.717) is 25.7 Å². The Balaban J connectivity index is 0. The maximum absolute atomic E-state index is 14.1. The number of ketones is 1. The minimum absolute atomic E-state index is 0. The number of hydrogen-bond donors (Lipinski definition) is 4. The zero-order chi connectivity index (χ0) is 65.4. The second-order valence-electron chi connectivity index (χ2n) is 24.8. The van der Waals surface area contributed by atoms with Gasteiger partial charge in [0.1, 0.15) is 54.5 Å². The summed E-state index contributed by atoms with van der Waals surface area (Å²) in [4.78, 5) is 88.7. The van der Waals surface area contributed by atoms with Crippen molar-refractivity contribution in [2.75, 3.05) is 40.6 Å². The minimum atomic E-state index is -5.90. The molecule has 524 valence electrons. The number of allylic oxidation sites excluding steroid dienone is 2. The molecular weight excluding hydrogens is 1260 g/mol. The third-order valence-electron chi connectivity index (χ3n) is 16.8. The van der Waals surface area contributed by atoms with Gasteiger partial charge in [0, 0.05) is 40.3 Å². The molecule has 2 aliphatic rings. The van der Waals surface area contributed by atoms with Gasteiger partial charge >= 0.3 is 88.7 Å². The maximum Gasteiger partial charge on any atom is 1.00 e. The van der Waals surface area contributed by atoms with Gasteiger partial charge in [-0.1, -0.05) is 220 Å². The summed E-state index contributed by atoms with van der Waals surface area (Å²) in [7, 11) is -8.49. The minimum Gasteiger partial charge on any atom is -0.790 e. The molecule has 2 heterocycles. The zero-order valence-electron chi connectivity index (χ0n) is 58.8. The Morgan fingerprint density at radius 1 is 0.500 bits per heavy atom. The molecule has 0 radical (unpaired) electrons. The number of aliphatic hydroxyl groups excluding tert-OH is 1. The van der Waals surface area contributed by atoms with Crippen LogP contribution >= 0.6 is 15.6 Å². The van der Waals surface area contributed by atoms with Crippen molar-refractivity contribution in [3.63, 3.8) is 0 Å². The molecular formula is C66H123N2Na3O19P2. The van der Waals surface area contributed by atoms with Gasteiger partial charge in [-0.3, -0.25) is 18.9 Å². The normalized spacial score (nSPS) is 22.6.